The number of nitrogens with one attached hydrogen (secondary N) is 1. The molecule has 0 radical (unpaired) electrons. The summed E-state index contributed by atoms with van der Waals surface area (Å²) in [6.45, 7) is 0. The normalized spacial score (nSPS) is 11.8. The molecule has 0 heterocycles. The van der Waals surface area contributed by atoms with E-state index in [-0.39, 0.29) is 6.04 Å². The quantitative estimate of drug-likeness (QED) is 0.706. The standard InChI is InChI=1S/C18H13BrN2/c19-16-7-9-17(10-8-16)21-18(12-20)15-6-5-13-3-1-2-4-14(13)11-15/h1-11,18,21H. The van der Waals surface area contributed by atoms with Gasteiger partial charge in [-0.3, -0.25) is 0 Å². The number of hydrogen-bond acceptors (Lipinski definition) is 2. The molecule has 0 bridgehead atoms. The minimum Gasteiger partial charge on any atom is -0.366 e. The number of nitriles is 1. The Bertz CT molecular complexity index is 803. The van der Waals surface area contributed by atoms with Crippen molar-refractivity contribution in [3.05, 3.63) is 76.8 Å². The van der Waals surface area contributed by atoms with Crippen LogP contribution in [0.2, 0.25) is 0 Å². The lowest BCUT2D eigenvalue weighted by molar-refractivity contribution is 1.00. The van der Waals surface area contributed by atoms with Crippen molar-refractivity contribution in [1.82, 2.24) is 0 Å². The van der Waals surface area contributed by atoms with Crippen molar-refractivity contribution in [2.24, 2.45) is 0 Å². The molecule has 0 saturated heterocycles. The molecule has 21 heavy (non-hydrogen) atoms. The Hall–Kier alpha value is -2.31. The van der Waals surface area contributed by atoms with Crippen LogP contribution in [0, 0.1) is 11.3 Å². The van der Waals surface area contributed by atoms with Crippen LogP contribution in [0.4, 0.5) is 5.69 Å². The summed E-state index contributed by atoms with van der Waals surface area (Å²) in [5.74, 6) is 0. The van der Waals surface area contributed by atoms with Gasteiger partial charge in [-0.25, -0.2) is 0 Å². The van der Waals surface area contributed by atoms with Crippen LogP contribution in [-0.2, 0) is 0 Å². The van der Waals surface area contributed by atoms with E-state index >= 15 is 0 Å². The molecule has 1 unspecified atom stereocenters. The molecular formula is C18H13BrN2. The minimum atomic E-state index is -0.365. The first kappa shape index (κ1) is 13.7. The van der Waals surface area contributed by atoms with E-state index in [1.54, 1.807) is 0 Å². The maximum Gasteiger partial charge on any atom is 0.140 e. The molecule has 3 rings (SSSR count). The molecule has 0 aliphatic heterocycles. The van der Waals surface area contributed by atoms with E-state index in [0.717, 1.165) is 21.1 Å². The fourth-order valence-electron chi connectivity index (χ4n) is 2.29. The van der Waals surface area contributed by atoms with Crippen molar-refractivity contribution in [1.29, 1.82) is 5.26 Å². The van der Waals surface area contributed by atoms with Crippen LogP contribution < -0.4 is 5.32 Å². The summed E-state index contributed by atoms with van der Waals surface area (Å²) in [5, 5.41) is 15.0. The maximum absolute atomic E-state index is 9.45. The average Bonchev–Trinajstić information content (AvgIpc) is 2.54. The molecule has 0 spiro atoms. The van der Waals surface area contributed by atoms with Crippen molar-refractivity contribution in [3.63, 3.8) is 0 Å². The Morgan fingerprint density at radius 1 is 0.905 bits per heavy atom. The van der Waals surface area contributed by atoms with Crippen LogP contribution in [0.25, 0.3) is 10.8 Å². The largest absolute Gasteiger partial charge is 0.366 e. The van der Waals surface area contributed by atoms with Gasteiger partial charge in [0.25, 0.3) is 0 Å². The molecule has 1 atom stereocenters. The van der Waals surface area contributed by atoms with Crippen LogP contribution in [0.5, 0.6) is 0 Å². The van der Waals surface area contributed by atoms with Gasteiger partial charge in [0, 0.05) is 10.2 Å². The predicted octanol–water partition coefficient (Wildman–Crippen LogP) is 5.28. The molecule has 0 aromatic heterocycles. The summed E-state index contributed by atoms with van der Waals surface area (Å²) in [4.78, 5) is 0. The molecule has 0 aliphatic carbocycles. The van der Waals surface area contributed by atoms with Gasteiger partial charge >= 0.3 is 0 Å². The highest BCUT2D eigenvalue weighted by Gasteiger charge is 2.10. The number of benzene rings is 3. The summed E-state index contributed by atoms with van der Waals surface area (Å²) < 4.78 is 1.02. The number of fused-ring (bicyclic) bond motifs is 1. The van der Waals surface area contributed by atoms with Crippen molar-refractivity contribution in [2.45, 2.75) is 6.04 Å². The number of anilines is 1. The molecular weight excluding hydrogens is 324 g/mol. The van der Waals surface area contributed by atoms with Gasteiger partial charge in [0.15, 0.2) is 0 Å². The first-order valence-electron chi connectivity index (χ1n) is 6.67. The van der Waals surface area contributed by atoms with Crippen molar-refractivity contribution < 1.29 is 0 Å². The van der Waals surface area contributed by atoms with E-state index in [4.69, 9.17) is 0 Å². The van der Waals surface area contributed by atoms with Gasteiger partial charge in [0.05, 0.1) is 6.07 Å². The Kier molecular flexibility index (Phi) is 3.89. The van der Waals surface area contributed by atoms with Gasteiger partial charge in [-0.2, -0.15) is 5.26 Å². The number of rotatable bonds is 3. The van der Waals surface area contributed by atoms with Crippen LogP contribution in [0.3, 0.4) is 0 Å². The van der Waals surface area contributed by atoms with Crippen LogP contribution in [0.15, 0.2) is 71.2 Å². The van der Waals surface area contributed by atoms with Crippen molar-refractivity contribution in [3.8, 4) is 6.07 Å². The predicted molar refractivity (Wildman–Crippen MR) is 90.1 cm³/mol. The van der Waals surface area contributed by atoms with E-state index < -0.39 is 0 Å². The number of nitrogens with zero attached hydrogens (tertiary/aromatic N) is 1. The third-order valence-electron chi connectivity index (χ3n) is 3.39. The van der Waals surface area contributed by atoms with E-state index in [9.17, 15) is 5.26 Å². The monoisotopic (exact) mass is 336 g/mol. The second-order valence-corrected chi connectivity index (χ2v) is 5.74. The lowest BCUT2D eigenvalue weighted by atomic mass is 10.0. The molecule has 1 N–H and O–H groups in total. The van der Waals surface area contributed by atoms with Gasteiger partial charge in [0.1, 0.15) is 6.04 Å². The van der Waals surface area contributed by atoms with Gasteiger partial charge in [-0.05, 0) is 46.7 Å². The summed E-state index contributed by atoms with van der Waals surface area (Å²) in [6.07, 6.45) is 0. The average molecular weight is 337 g/mol. The molecule has 3 aromatic carbocycles. The maximum atomic E-state index is 9.45. The molecule has 102 valence electrons. The fourth-order valence-corrected chi connectivity index (χ4v) is 2.55. The second kappa shape index (κ2) is 5.99. The van der Waals surface area contributed by atoms with E-state index in [2.05, 4.69) is 51.6 Å². The second-order valence-electron chi connectivity index (χ2n) is 4.82. The third-order valence-corrected chi connectivity index (χ3v) is 3.92. The van der Waals surface area contributed by atoms with Gasteiger partial charge in [-0.15, -0.1) is 0 Å². The molecule has 0 amide bonds. The third kappa shape index (κ3) is 3.07. The summed E-state index contributed by atoms with van der Waals surface area (Å²) >= 11 is 3.41. The van der Waals surface area contributed by atoms with Crippen molar-refractivity contribution >= 4 is 32.4 Å². The summed E-state index contributed by atoms with van der Waals surface area (Å²) in [7, 11) is 0. The number of halogens is 1. The highest BCUT2D eigenvalue weighted by molar-refractivity contribution is 9.10. The smallest absolute Gasteiger partial charge is 0.140 e. The topological polar surface area (TPSA) is 35.8 Å². The molecule has 0 fully saturated rings. The zero-order chi connectivity index (χ0) is 14.7. The van der Waals surface area contributed by atoms with E-state index in [0.29, 0.717) is 0 Å². The molecule has 0 aliphatic rings. The SMILES string of the molecule is N#CC(Nc1ccc(Br)cc1)c1ccc2ccccc2c1. The molecule has 0 saturated carbocycles. The van der Waals surface area contributed by atoms with Gasteiger partial charge in [-0.1, -0.05) is 52.3 Å². The summed E-state index contributed by atoms with van der Waals surface area (Å²) in [6, 6.07) is 24.1. The van der Waals surface area contributed by atoms with Crippen LogP contribution in [-0.4, -0.2) is 0 Å². The highest BCUT2D eigenvalue weighted by Crippen LogP contribution is 2.24. The zero-order valence-electron chi connectivity index (χ0n) is 11.3. The number of hydrogen-bond donors (Lipinski definition) is 1. The van der Waals surface area contributed by atoms with E-state index in [1.807, 2.05) is 42.5 Å². The Balaban J connectivity index is 1.91. The van der Waals surface area contributed by atoms with Gasteiger partial charge < -0.3 is 5.32 Å². The summed E-state index contributed by atoms with van der Waals surface area (Å²) in [5.41, 5.74) is 1.90. The van der Waals surface area contributed by atoms with Crippen LogP contribution in [0.1, 0.15) is 11.6 Å². The highest BCUT2D eigenvalue weighted by atomic mass is 79.9. The van der Waals surface area contributed by atoms with Crippen LogP contribution >= 0.6 is 15.9 Å². The van der Waals surface area contributed by atoms with Crippen molar-refractivity contribution in [2.75, 3.05) is 5.32 Å². The Morgan fingerprint density at radius 2 is 1.62 bits per heavy atom. The first-order chi connectivity index (χ1) is 10.3. The fraction of sp³-hybridized carbons (Fsp3) is 0.0556. The molecule has 2 nitrogen and oxygen atoms in total. The lowest BCUT2D eigenvalue weighted by Gasteiger charge is -2.14. The molecule has 3 aromatic rings. The molecule has 3 heteroatoms. The lowest BCUT2D eigenvalue weighted by Crippen LogP contribution is -2.08. The van der Waals surface area contributed by atoms with Gasteiger partial charge in [0.2, 0.25) is 0 Å². The first-order valence-corrected chi connectivity index (χ1v) is 7.46. The minimum absolute atomic E-state index is 0.365. The zero-order valence-corrected chi connectivity index (χ0v) is 12.8. The Labute approximate surface area is 132 Å². The van der Waals surface area contributed by atoms with E-state index in [1.165, 1.54) is 5.39 Å². The Morgan fingerprint density at radius 3 is 2.33 bits per heavy atom.